The second kappa shape index (κ2) is 7.67. The van der Waals surface area contributed by atoms with Gasteiger partial charge in [-0.15, -0.1) is 0 Å². The van der Waals surface area contributed by atoms with E-state index < -0.39 is 49.6 Å². The number of hydrogen-bond acceptors (Lipinski definition) is 7. The number of rotatable bonds is 10. The fourth-order valence-electron chi connectivity index (χ4n) is 1.16. The molecule has 0 atom stereocenters. The van der Waals surface area contributed by atoms with Gasteiger partial charge in [0.25, 0.3) is 0 Å². The zero-order valence-corrected chi connectivity index (χ0v) is 10.2. The first kappa shape index (κ1) is 17.3. The van der Waals surface area contributed by atoms with E-state index in [-0.39, 0.29) is 13.2 Å². The molecule has 108 valence electrons. The third kappa shape index (κ3) is 3.91. The third-order valence-electron chi connectivity index (χ3n) is 3.01. The molecule has 0 saturated carbocycles. The predicted molar refractivity (Wildman–Crippen MR) is 62.9 cm³/mol. The lowest BCUT2D eigenvalue weighted by Gasteiger charge is -2.32. The van der Waals surface area contributed by atoms with Crippen molar-refractivity contribution in [2.45, 2.75) is 0 Å². The molecule has 0 aliphatic rings. The van der Waals surface area contributed by atoms with Crippen LogP contribution in [0.2, 0.25) is 0 Å². The summed E-state index contributed by atoms with van der Waals surface area (Å²) < 4.78 is 5.16. The molecule has 0 rings (SSSR count). The monoisotopic (exact) mass is 266 g/mol. The Bertz CT molecular complexity index is 238. The standard InChI is InChI=1S/C11H22O7/c1-9(17)11(5-15,6-16)8-18-7-10(2-12,3-13)4-14/h12-17H,1-8H2. The summed E-state index contributed by atoms with van der Waals surface area (Å²) in [5.74, 6) is -0.421. The average molecular weight is 266 g/mol. The van der Waals surface area contributed by atoms with Crippen LogP contribution in [0, 0.1) is 10.8 Å². The zero-order chi connectivity index (χ0) is 14.2. The van der Waals surface area contributed by atoms with Gasteiger partial charge >= 0.3 is 0 Å². The van der Waals surface area contributed by atoms with Gasteiger partial charge in [-0.2, -0.15) is 0 Å². The van der Waals surface area contributed by atoms with Crippen LogP contribution in [0.3, 0.4) is 0 Å². The van der Waals surface area contributed by atoms with Gasteiger partial charge in [-0.25, -0.2) is 0 Å². The van der Waals surface area contributed by atoms with E-state index in [1.54, 1.807) is 0 Å². The summed E-state index contributed by atoms with van der Waals surface area (Å²) in [5.41, 5.74) is -2.60. The topological polar surface area (TPSA) is 131 Å². The maximum absolute atomic E-state index is 9.32. The molecule has 7 heteroatoms. The summed E-state index contributed by atoms with van der Waals surface area (Å²) in [6.45, 7) is 0.235. The molecule has 0 aromatic heterocycles. The van der Waals surface area contributed by atoms with Crippen molar-refractivity contribution in [3.05, 3.63) is 12.3 Å². The summed E-state index contributed by atoms with van der Waals surface area (Å²) in [6, 6.07) is 0. The zero-order valence-electron chi connectivity index (χ0n) is 10.2. The van der Waals surface area contributed by atoms with Crippen molar-refractivity contribution >= 4 is 0 Å². The highest BCUT2D eigenvalue weighted by molar-refractivity contribution is 5.02. The molecular weight excluding hydrogens is 244 g/mol. The van der Waals surface area contributed by atoms with Crippen LogP contribution in [-0.2, 0) is 4.74 Å². The number of ether oxygens (including phenoxy) is 1. The minimum Gasteiger partial charge on any atom is -0.512 e. The lowest BCUT2D eigenvalue weighted by Crippen LogP contribution is -2.42. The fraction of sp³-hybridized carbons (Fsp3) is 0.818. The lowest BCUT2D eigenvalue weighted by molar-refractivity contribution is -0.0895. The van der Waals surface area contributed by atoms with Crippen LogP contribution in [0.15, 0.2) is 12.3 Å². The second-order valence-electron chi connectivity index (χ2n) is 4.51. The Morgan fingerprint density at radius 3 is 1.56 bits per heavy atom. The average Bonchev–Trinajstić information content (AvgIpc) is 2.40. The molecule has 0 spiro atoms. The number of hydrogen-bond donors (Lipinski definition) is 6. The molecule has 0 amide bonds. The molecule has 0 aliphatic heterocycles. The minimum atomic E-state index is -1.40. The van der Waals surface area contributed by atoms with E-state index in [4.69, 9.17) is 30.3 Å². The van der Waals surface area contributed by atoms with E-state index in [1.807, 2.05) is 0 Å². The summed E-state index contributed by atoms with van der Waals surface area (Å²) in [5, 5.41) is 54.8. The molecule has 0 bridgehead atoms. The van der Waals surface area contributed by atoms with Gasteiger partial charge in [0.05, 0.1) is 62.8 Å². The summed E-state index contributed by atoms with van der Waals surface area (Å²) in [4.78, 5) is 0. The van der Waals surface area contributed by atoms with Crippen molar-refractivity contribution in [1.82, 2.24) is 0 Å². The van der Waals surface area contributed by atoms with Crippen LogP contribution >= 0.6 is 0 Å². The Morgan fingerprint density at radius 2 is 1.28 bits per heavy atom. The Balaban J connectivity index is 4.51. The van der Waals surface area contributed by atoms with Gasteiger partial charge in [0, 0.05) is 0 Å². The smallest absolute Gasteiger partial charge is 0.0982 e. The Kier molecular flexibility index (Phi) is 7.37. The maximum Gasteiger partial charge on any atom is 0.0982 e. The van der Waals surface area contributed by atoms with E-state index in [9.17, 15) is 5.11 Å². The highest BCUT2D eigenvalue weighted by atomic mass is 16.5. The van der Waals surface area contributed by atoms with Gasteiger partial charge in [-0.05, 0) is 0 Å². The van der Waals surface area contributed by atoms with E-state index in [0.29, 0.717) is 0 Å². The molecular formula is C11H22O7. The van der Waals surface area contributed by atoms with Crippen LogP contribution in [0.25, 0.3) is 0 Å². The largest absolute Gasteiger partial charge is 0.512 e. The molecule has 18 heavy (non-hydrogen) atoms. The van der Waals surface area contributed by atoms with E-state index in [1.165, 1.54) is 0 Å². The summed E-state index contributed by atoms with van der Waals surface area (Å²) >= 11 is 0. The van der Waals surface area contributed by atoms with E-state index >= 15 is 0 Å². The van der Waals surface area contributed by atoms with Gasteiger partial charge in [0.1, 0.15) is 0 Å². The van der Waals surface area contributed by atoms with Crippen molar-refractivity contribution in [3.8, 4) is 0 Å². The molecule has 7 nitrogen and oxygen atoms in total. The Morgan fingerprint density at radius 1 is 0.833 bits per heavy atom. The Hall–Kier alpha value is -0.700. The molecule has 0 aromatic carbocycles. The lowest BCUT2D eigenvalue weighted by atomic mass is 9.88. The second-order valence-corrected chi connectivity index (χ2v) is 4.51. The third-order valence-corrected chi connectivity index (χ3v) is 3.01. The van der Waals surface area contributed by atoms with Crippen molar-refractivity contribution in [3.63, 3.8) is 0 Å². The molecule has 6 N–H and O–H groups in total. The molecule has 0 unspecified atom stereocenters. The summed E-state index contributed by atoms with van der Waals surface area (Å²) in [7, 11) is 0. The van der Waals surface area contributed by atoms with Gasteiger partial charge in [0.15, 0.2) is 0 Å². The van der Waals surface area contributed by atoms with Crippen LogP contribution in [0.5, 0.6) is 0 Å². The number of aliphatic hydroxyl groups is 6. The molecule has 0 heterocycles. The predicted octanol–water partition coefficient (Wildman–Crippen LogP) is -1.99. The van der Waals surface area contributed by atoms with Crippen molar-refractivity contribution in [1.29, 1.82) is 0 Å². The SMILES string of the molecule is C=C(O)C(CO)(CO)COCC(CO)(CO)CO. The van der Waals surface area contributed by atoms with Crippen molar-refractivity contribution in [2.24, 2.45) is 10.8 Å². The van der Waals surface area contributed by atoms with E-state index in [0.717, 1.165) is 0 Å². The molecule has 0 aromatic rings. The highest BCUT2D eigenvalue weighted by Crippen LogP contribution is 2.25. The maximum atomic E-state index is 9.32. The molecule has 0 saturated heterocycles. The first-order chi connectivity index (χ1) is 8.45. The first-order valence-corrected chi connectivity index (χ1v) is 5.46. The summed E-state index contributed by atoms with van der Waals surface area (Å²) in [6.07, 6.45) is 0. The quantitative estimate of drug-likeness (QED) is 0.252. The van der Waals surface area contributed by atoms with Crippen LogP contribution in [-0.4, -0.2) is 76.9 Å². The normalized spacial score (nSPS) is 12.7. The molecule has 0 fully saturated rings. The number of aliphatic hydroxyl groups excluding tert-OH is 6. The molecule has 0 radical (unpaired) electrons. The van der Waals surface area contributed by atoms with E-state index in [2.05, 4.69) is 6.58 Å². The van der Waals surface area contributed by atoms with Gasteiger partial charge in [-0.1, -0.05) is 6.58 Å². The van der Waals surface area contributed by atoms with Crippen LogP contribution in [0.1, 0.15) is 0 Å². The van der Waals surface area contributed by atoms with Crippen molar-refractivity contribution < 1.29 is 35.4 Å². The van der Waals surface area contributed by atoms with Gasteiger partial charge < -0.3 is 35.4 Å². The molecule has 0 aliphatic carbocycles. The van der Waals surface area contributed by atoms with Gasteiger partial charge in [-0.3, -0.25) is 0 Å². The van der Waals surface area contributed by atoms with Gasteiger partial charge in [0.2, 0.25) is 0 Å². The van der Waals surface area contributed by atoms with Crippen LogP contribution < -0.4 is 0 Å². The minimum absolute atomic E-state index is 0.189. The fourth-order valence-corrected chi connectivity index (χ4v) is 1.16. The van der Waals surface area contributed by atoms with Crippen LogP contribution in [0.4, 0.5) is 0 Å². The Labute approximate surface area is 106 Å². The highest BCUT2D eigenvalue weighted by Gasteiger charge is 2.35. The first-order valence-electron chi connectivity index (χ1n) is 5.46. The van der Waals surface area contributed by atoms with Crippen molar-refractivity contribution in [2.75, 3.05) is 46.2 Å².